The van der Waals surface area contributed by atoms with Crippen molar-refractivity contribution in [2.75, 3.05) is 46.5 Å². The maximum Gasteiger partial charge on any atom is 0.161 e. The summed E-state index contributed by atoms with van der Waals surface area (Å²) in [5, 5.41) is 32.5. The fraction of sp³-hybridized carbons (Fsp3) is 0.714. The molecular formula is C21H36N2O5. The van der Waals surface area contributed by atoms with Crippen LogP contribution in [0.1, 0.15) is 32.3 Å². The van der Waals surface area contributed by atoms with Crippen LogP contribution in [0.3, 0.4) is 0 Å². The second-order valence-corrected chi connectivity index (χ2v) is 8.41. The zero-order chi connectivity index (χ0) is 20.6. The summed E-state index contributed by atoms with van der Waals surface area (Å²) in [6.45, 7) is 7.87. The number of ether oxygens (including phenoxy) is 2. The van der Waals surface area contributed by atoms with Gasteiger partial charge >= 0.3 is 0 Å². The molecule has 1 saturated heterocycles. The third-order valence-electron chi connectivity index (χ3n) is 5.05. The molecule has 28 heavy (non-hydrogen) atoms. The van der Waals surface area contributed by atoms with E-state index in [1.807, 2.05) is 32.0 Å². The maximum absolute atomic E-state index is 10.3. The molecule has 0 aromatic heterocycles. The smallest absolute Gasteiger partial charge is 0.161 e. The highest BCUT2D eigenvalue weighted by Gasteiger charge is 2.20. The van der Waals surface area contributed by atoms with E-state index in [2.05, 4.69) is 10.2 Å². The second-order valence-electron chi connectivity index (χ2n) is 8.41. The molecule has 1 heterocycles. The average Bonchev–Trinajstić information content (AvgIpc) is 2.68. The molecule has 1 atom stereocenters. The van der Waals surface area contributed by atoms with Crippen molar-refractivity contribution in [2.24, 2.45) is 5.41 Å². The van der Waals surface area contributed by atoms with Crippen LogP contribution in [0.5, 0.6) is 11.5 Å². The van der Waals surface area contributed by atoms with Crippen molar-refractivity contribution in [3.63, 3.8) is 0 Å². The minimum atomic E-state index is -0.595. The Labute approximate surface area is 168 Å². The summed E-state index contributed by atoms with van der Waals surface area (Å²) >= 11 is 0. The quantitative estimate of drug-likeness (QED) is 0.443. The van der Waals surface area contributed by atoms with Crippen LogP contribution in [0.15, 0.2) is 18.2 Å². The summed E-state index contributed by atoms with van der Waals surface area (Å²) in [6, 6.07) is 5.75. The molecule has 0 saturated carbocycles. The number of β-amino-alcohol motifs (C(OH)–C–C–N with tert-alkyl or cyclic N) is 1. The summed E-state index contributed by atoms with van der Waals surface area (Å²) in [5.41, 5.74) is 0.903. The Balaban J connectivity index is 1.81. The zero-order valence-corrected chi connectivity index (χ0v) is 17.4. The van der Waals surface area contributed by atoms with Crippen molar-refractivity contribution in [1.29, 1.82) is 0 Å². The van der Waals surface area contributed by atoms with Crippen molar-refractivity contribution in [3.05, 3.63) is 23.8 Å². The van der Waals surface area contributed by atoms with Gasteiger partial charge in [-0.05, 0) is 30.5 Å². The standard InChI is InChI=1S/C21H36N2O5/c1-21(2,15-24)14-22-11-16-4-5-19(20(10-16)27-3)28-13-18(26)12-23-8-6-17(25)7-9-23/h4-5,10,17-18,22,24-26H,6-9,11-15H2,1-3H3/t18-/m1/s1. The Morgan fingerprint density at radius 1 is 1.25 bits per heavy atom. The van der Waals surface area contributed by atoms with E-state index in [-0.39, 0.29) is 24.7 Å². The van der Waals surface area contributed by atoms with E-state index in [4.69, 9.17) is 9.47 Å². The minimum absolute atomic E-state index is 0.135. The van der Waals surface area contributed by atoms with Gasteiger partial charge in [-0.25, -0.2) is 0 Å². The molecule has 0 unspecified atom stereocenters. The van der Waals surface area contributed by atoms with Crippen molar-refractivity contribution in [3.8, 4) is 11.5 Å². The van der Waals surface area contributed by atoms with Crippen LogP contribution in [0, 0.1) is 5.41 Å². The predicted molar refractivity (Wildman–Crippen MR) is 109 cm³/mol. The second kappa shape index (κ2) is 11.0. The Morgan fingerprint density at radius 3 is 2.61 bits per heavy atom. The molecule has 0 aliphatic carbocycles. The Morgan fingerprint density at radius 2 is 1.96 bits per heavy atom. The highest BCUT2D eigenvalue weighted by molar-refractivity contribution is 5.43. The van der Waals surface area contributed by atoms with Gasteiger partial charge in [0.15, 0.2) is 11.5 Å². The van der Waals surface area contributed by atoms with Crippen LogP contribution in [-0.2, 0) is 6.54 Å². The predicted octanol–water partition coefficient (Wildman–Crippen LogP) is 1.000. The molecular weight excluding hydrogens is 360 g/mol. The Bertz CT molecular complexity index is 588. The zero-order valence-electron chi connectivity index (χ0n) is 17.4. The van der Waals surface area contributed by atoms with E-state index in [0.717, 1.165) is 31.5 Å². The number of rotatable bonds is 11. The highest BCUT2D eigenvalue weighted by atomic mass is 16.5. The number of likely N-dealkylation sites (tertiary alicyclic amines) is 1. The number of benzene rings is 1. The number of hydrogen-bond acceptors (Lipinski definition) is 7. The topological polar surface area (TPSA) is 94.4 Å². The molecule has 1 aromatic rings. The summed E-state index contributed by atoms with van der Waals surface area (Å²) < 4.78 is 11.2. The van der Waals surface area contributed by atoms with E-state index in [1.165, 1.54) is 0 Å². The molecule has 4 N–H and O–H groups in total. The van der Waals surface area contributed by atoms with Gasteiger partial charge in [0.05, 0.1) is 13.2 Å². The van der Waals surface area contributed by atoms with E-state index in [0.29, 0.717) is 31.1 Å². The first-order valence-electron chi connectivity index (χ1n) is 10.0. The molecule has 0 bridgehead atoms. The third-order valence-corrected chi connectivity index (χ3v) is 5.05. The molecule has 1 aromatic carbocycles. The van der Waals surface area contributed by atoms with Gasteiger partial charge in [-0.3, -0.25) is 0 Å². The van der Waals surface area contributed by atoms with E-state index in [1.54, 1.807) is 7.11 Å². The summed E-state index contributed by atoms with van der Waals surface area (Å²) in [6.07, 6.45) is 0.706. The van der Waals surface area contributed by atoms with Crippen LogP contribution >= 0.6 is 0 Å². The SMILES string of the molecule is COc1cc(CNCC(C)(C)CO)ccc1OC[C@H](O)CN1CCC(O)CC1. The summed E-state index contributed by atoms with van der Waals surface area (Å²) in [5.74, 6) is 1.24. The number of aliphatic hydroxyl groups is 3. The number of methoxy groups -OCH3 is 1. The molecule has 160 valence electrons. The average molecular weight is 397 g/mol. The monoisotopic (exact) mass is 396 g/mol. The van der Waals surface area contributed by atoms with Gasteiger partial charge in [-0.15, -0.1) is 0 Å². The summed E-state index contributed by atoms with van der Waals surface area (Å²) in [7, 11) is 1.60. The lowest BCUT2D eigenvalue weighted by Crippen LogP contribution is -2.41. The first kappa shape index (κ1) is 22.9. The normalized spacial score (nSPS) is 17.5. The molecule has 0 amide bonds. The van der Waals surface area contributed by atoms with Crippen LogP contribution in [0.25, 0.3) is 0 Å². The molecule has 0 spiro atoms. The van der Waals surface area contributed by atoms with Gasteiger partial charge < -0.3 is 35.0 Å². The lowest BCUT2D eigenvalue weighted by molar-refractivity contribution is 0.0333. The molecule has 0 radical (unpaired) electrons. The van der Waals surface area contributed by atoms with Gasteiger partial charge in [0.2, 0.25) is 0 Å². The van der Waals surface area contributed by atoms with Crippen molar-refractivity contribution >= 4 is 0 Å². The number of aliphatic hydroxyl groups excluding tert-OH is 3. The largest absolute Gasteiger partial charge is 0.493 e. The van der Waals surface area contributed by atoms with Crippen molar-refractivity contribution < 1.29 is 24.8 Å². The van der Waals surface area contributed by atoms with Crippen LogP contribution in [0.4, 0.5) is 0 Å². The lowest BCUT2D eigenvalue weighted by Gasteiger charge is -2.30. The molecule has 7 nitrogen and oxygen atoms in total. The Hall–Kier alpha value is -1.38. The lowest BCUT2D eigenvalue weighted by atomic mass is 9.95. The fourth-order valence-electron chi connectivity index (χ4n) is 3.18. The molecule has 2 rings (SSSR count). The van der Waals surface area contributed by atoms with Gasteiger partial charge in [-0.1, -0.05) is 19.9 Å². The van der Waals surface area contributed by atoms with Gasteiger partial charge in [0.25, 0.3) is 0 Å². The first-order chi connectivity index (χ1) is 13.3. The number of hydrogen-bond donors (Lipinski definition) is 4. The fourth-order valence-corrected chi connectivity index (χ4v) is 3.18. The molecule has 7 heteroatoms. The van der Waals surface area contributed by atoms with Crippen molar-refractivity contribution in [2.45, 2.75) is 45.4 Å². The molecule has 1 aliphatic rings. The third kappa shape index (κ3) is 7.56. The van der Waals surface area contributed by atoms with Gasteiger partial charge in [0.1, 0.15) is 12.7 Å². The Kier molecular flexibility index (Phi) is 8.98. The van der Waals surface area contributed by atoms with E-state index in [9.17, 15) is 15.3 Å². The van der Waals surface area contributed by atoms with Crippen LogP contribution in [-0.4, -0.2) is 78.9 Å². The van der Waals surface area contributed by atoms with Gasteiger partial charge in [-0.2, -0.15) is 0 Å². The first-order valence-corrected chi connectivity index (χ1v) is 10.0. The molecule has 1 fully saturated rings. The van der Waals surface area contributed by atoms with E-state index < -0.39 is 6.10 Å². The molecule has 1 aliphatic heterocycles. The number of piperidine rings is 1. The van der Waals surface area contributed by atoms with Crippen LogP contribution in [0.2, 0.25) is 0 Å². The van der Waals surface area contributed by atoms with Crippen LogP contribution < -0.4 is 14.8 Å². The minimum Gasteiger partial charge on any atom is -0.493 e. The number of nitrogens with one attached hydrogen (secondary N) is 1. The maximum atomic E-state index is 10.3. The summed E-state index contributed by atoms with van der Waals surface area (Å²) in [4.78, 5) is 2.15. The number of nitrogens with zero attached hydrogens (tertiary/aromatic N) is 1. The highest BCUT2D eigenvalue weighted by Crippen LogP contribution is 2.28. The van der Waals surface area contributed by atoms with Crippen molar-refractivity contribution in [1.82, 2.24) is 10.2 Å². The van der Waals surface area contributed by atoms with Gasteiger partial charge in [0, 0.05) is 44.7 Å². The van der Waals surface area contributed by atoms with E-state index >= 15 is 0 Å².